The van der Waals surface area contributed by atoms with Crippen LogP contribution in [0.3, 0.4) is 0 Å². The number of ether oxygens (including phenoxy) is 1. The summed E-state index contributed by atoms with van der Waals surface area (Å²) >= 11 is 0. The van der Waals surface area contributed by atoms with E-state index >= 15 is 0 Å². The summed E-state index contributed by atoms with van der Waals surface area (Å²) in [4.78, 5) is -0.365. The number of hydrogen-bond donors (Lipinski definition) is 3. The molecule has 11 heteroatoms. The molecule has 0 unspecified atom stereocenters. The van der Waals surface area contributed by atoms with Gasteiger partial charge in [-0.25, -0.2) is 22.0 Å². The van der Waals surface area contributed by atoms with Crippen LogP contribution in [-0.4, -0.2) is 64.7 Å². The summed E-state index contributed by atoms with van der Waals surface area (Å²) in [6.45, 7) is 3.70. The van der Waals surface area contributed by atoms with E-state index in [9.17, 15) is 21.9 Å². The molecule has 4 aliphatic rings. The maximum Gasteiger partial charge on any atom is 0.243 e. The summed E-state index contributed by atoms with van der Waals surface area (Å²) in [6, 6.07) is 14.1. The van der Waals surface area contributed by atoms with Crippen LogP contribution >= 0.6 is 0 Å². The fourth-order valence-electron chi connectivity index (χ4n) is 5.96. The van der Waals surface area contributed by atoms with Crippen molar-refractivity contribution in [3.8, 4) is 0 Å². The Kier molecular flexibility index (Phi) is 6.25. The molecule has 2 aromatic rings. The zero-order valence-electron chi connectivity index (χ0n) is 20.3. The summed E-state index contributed by atoms with van der Waals surface area (Å²) in [6.07, 6.45) is 2.71. The van der Waals surface area contributed by atoms with E-state index < -0.39 is 25.6 Å². The number of nitrogens with one attached hydrogen (secondary N) is 1. The molecule has 1 saturated carbocycles. The molecule has 196 valence electrons. The number of nitrogens with zero attached hydrogens (tertiary/aromatic N) is 1. The van der Waals surface area contributed by atoms with Gasteiger partial charge in [-0.2, -0.15) is 4.31 Å². The van der Waals surface area contributed by atoms with Crippen LogP contribution in [0.4, 0.5) is 5.69 Å². The van der Waals surface area contributed by atoms with Crippen LogP contribution in [0.1, 0.15) is 38.2 Å². The second-order valence-corrected chi connectivity index (χ2v) is 14.3. The Morgan fingerprint density at radius 2 is 1.72 bits per heavy atom. The minimum Gasteiger partial charge on any atom is -0.396 e. The normalized spacial score (nSPS) is 28.0. The van der Waals surface area contributed by atoms with Crippen LogP contribution < -0.4 is 10.5 Å². The first-order chi connectivity index (χ1) is 16.9. The van der Waals surface area contributed by atoms with E-state index in [0.29, 0.717) is 51.9 Å². The van der Waals surface area contributed by atoms with Crippen molar-refractivity contribution in [2.75, 3.05) is 38.2 Å². The van der Waals surface area contributed by atoms with E-state index in [4.69, 9.17) is 9.88 Å². The Labute approximate surface area is 212 Å². The van der Waals surface area contributed by atoms with Gasteiger partial charge in [0.05, 0.1) is 29.4 Å². The number of benzene rings is 2. The fraction of sp³-hybridized carbons (Fsp3) is 0.520. The van der Waals surface area contributed by atoms with Crippen molar-refractivity contribution < 1.29 is 26.7 Å². The first-order valence-electron chi connectivity index (χ1n) is 12.1. The second-order valence-electron chi connectivity index (χ2n) is 10.9. The van der Waals surface area contributed by atoms with E-state index in [-0.39, 0.29) is 32.9 Å². The lowest BCUT2D eigenvalue weighted by Crippen LogP contribution is -2.50. The Hall–Kier alpha value is -2.02. The number of aliphatic hydroxyl groups excluding tert-OH is 1. The van der Waals surface area contributed by atoms with Crippen molar-refractivity contribution in [1.29, 1.82) is 0 Å². The SMILES string of the molecule is CC1(c2ccccc2)CCN(S(=O)(=O)c2ccc(NCC34CC(CO)(CO3)C4)c(S(N)(=O)=O)c2)CC1. The average molecular weight is 536 g/mol. The number of anilines is 1. The highest BCUT2D eigenvalue weighted by Crippen LogP contribution is 2.57. The van der Waals surface area contributed by atoms with Crippen LogP contribution in [0.25, 0.3) is 0 Å². The number of sulfonamides is 2. The van der Waals surface area contributed by atoms with Gasteiger partial charge in [0.25, 0.3) is 0 Å². The topological polar surface area (TPSA) is 139 Å². The fourth-order valence-corrected chi connectivity index (χ4v) is 8.24. The van der Waals surface area contributed by atoms with Crippen molar-refractivity contribution >= 4 is 25.7 Å². The van der Waals surface area contributed by atoms with Gasteiger partial charge in [-0.15, -0.1) is 0 Å². The Bertz CT molecular complexity index is 1350. The predicted molar refractivity (Wildman–Crippen MR) is 136 cm³/mol. The van der Waals surface area contributed by atoms with Crippen molar-refractivity contribution in [3.63, 3.8) is 0 Å². The number of primary sulfonamides is 1. The van der Waals surface area contributed by atoms with Crippen LogP contribution in [0.2, 0.25) is 0 Å². The quantitative estimate of drug-likeness (QED) is 0.470. The number of hydrogen-bond acceptors (Lipinski definition) is 7. The minimum atomic E-state index is -4.20. The van der Waals surface area contributed by atoms with Crippen molar-refractivity contribution in [2.45, 2.75) is 53.4 Å². The first-order valence-corrected chi connectivity index (χ1v) is 15.1. The highest BCUT2D eigenvalue weighted by molar-refractivity contribution is 7.90. The van der Waals surface area contributed by atoms with Gasteiger partial charge < -0.3 is 15.2 Å². The molecule has 36 heavy (non-hydrogen) atoms. The van der Waals surface area contributed by atoms with Gasteiger partial charge in [0.15, 0.2) is 0 Å². The maximum atomic E-state index is 13.4. The smallest absolute Gasteiger partial charge is 0.243 e. The third-order valence-electron chi connectivity index (χ3n) is 8.21. The maximum absolute atomic E-state index is 13.4. The molecule has 0 spiro atoms. The van der Waals surface area contributed by atoms with Gasteiger partial charge in [0.2, 0.25) is 20.0 Å². The summed E-state index contributed by atoms with van der Waals surface area (Å²) in [7, 11) is -8.10. The number of rotatable bonds is 8. The molecule has 4 N–H and O–H groups in total. The number of aliphatic hydroxyl groups is 1. The van der Waals surface area contributed by atoms with E-state index in [1.165, 1.54) is 22.0 Å². The molecule has 3 heterocycles. The molecule has 9 nitrogen and oxygen atoms in total. The summed E-state index contributed by atoms with van der Waals surface area (Å²) < 4.78 is 59.0. The third kappa shape index (κ3) is 4.46. The van der Waals surface area contributed by atoms with Gasteiger partial charge >= 0.3 is 0 Å². The zero-order chi connectivity index (χ0) is 25.8. The Balaban J connectivity index is 1.33. The highest BCUT2D eigenvalue weighted by atomic mass is 32.2. The van der Waals surface area contributed by atoms with Crippen molar-refractivity contribution in [3.05, 3.63) is 54.1 Å². The lowest BCUT2D eigenvalue weighted by atomic mass is 9.63. The molecule has 0 radical (unpaired) electrons. The van der Waals surface area contributed by atoms with E-state index in [1.807, 2.05) is 18.2 Å². The molecular formula is C25H33N3O6S2. The summed E-state index contributed by atoms with van der Waals surface area (Å²) in [5.74, 6) is 0. The van der Waals surface area contributed by atoms with E-state index in [0.717, 1.165) is 6.07 Å². The Morgan fingerprint density at radius 3 is 2.31 bits per heavy atom. The molecular weight excluding hydrogens is 502 g/mol. The van der Waals surface area contributed by atoms with Crippen LogP contribution in [-0.2, 0) is 30.2 Å². The van der Waals surface area contributed by atoms with E-state index in [1.54, 1.807) is 0 Å². The highest BCUT2D eigenvalue weighted by Gasteiger charge is 2.61. The molecule has 4 fully saturated rings. The van der Waals surface area contributed by atoms with Gasteiger partial charge in [-0.05, 0) is 54.9 Å². The molecule has 1 aliphatic carbocycles. The standard InChI is InChI=1S/C25H33N3O6S2/c1-23(19-5-3-2-4-6-19)9-11-28(12-10-23)36(32,33)20-7-8-21(22(13-20)35(26,30)31)27-16-25-14-24(15-25,17-29)18-34-25/h2-8,13,27,29H,9-12,14-18H2,1H3,(H2,26,30,31). The lowest BCUT2D eigenvalue weighted by molar-refractivity contribution is -0.0168. The summed E-state index contributed by atoms with van der Waals surface area (Å²) in [5.41, 5.74) is 0.639. The second kappa shape index (κ2) is 8.78. The molecule has 3 aliphatic heterocycles. The molecule has 6 rings (SSSR count). The molecule has 2 aromatic carbocycles. The van der Waals surface area contributed by atoms with Crippen LogP contribution in [0.5, 0.6) is 0 Å². The Morgan fingerprint density at radius 1 is 1.06 bits per heavy atom. The lowest BCUT2D eigenvalue weighted by Gasteiger charge is -2.43. The molecule has 0 aromatic heterocycles. The third-order valence-corrected chi connectivity index (χ3v) is 11.1. The monoisotopic (exact) mass is 535 g/mol. The first kappa shape index (κ1) is 25.6. The van der Waals surface area contributed by atoms with Gasteiger partial charge in [0, 0.05) is 25.0 Å². The van der Waals surface area contributed by atoms with Gasteiger partial charge in [-0.3, -0.25) is 0 Å². The number of fused-ring (bicyclic) bond motifs is 1. The van der Waals surface area contributed by atoms with Gasteiger partial charge in [0.1, 0.15) is 4.90 Å². The van der Waals surface area contributed by atoms with Crippen molar-refractivity contribution in [2.24, 2.45) is 10.6 Å². The largest absolute Gasteiger partial charge is 0.396 e. The van der Waals surface area contributed by atoms with E-state index in [2.05, 4.69) is 24.4 Å². The molecule has 3 saturated heterocycles. The average Bonchev–Trinajstić information content (AvgIpc) is 3.39. The number of piperidine rings is 1. The number of nitrogens with two attached hydrogens (primary N) is 1. The molecule has 2 bridgehead atoms. The van der Waals surface area contributed by atoms with Crippen LogP contribution in [0, 0.1) is 5.41 Å². The predicted octanol–water partition coefficient (Wildman–Crippen LogP) is 2.03. The van der Waals surface area contributed by atoms with Gasteiger partial charge in [-0.1, -0.05) is 37.3 Å². The molecule has 0 amide bonds. The van der Waals surface area contributed by atoms with Crippen LogP contribution in [0.15, 0.2) is 58.3 Å². The summed E-state index contributed by atoms with van der Waals surface area (Å²) in [5, 5.41) is 18.1. The van der Waals surface area contributed by atoms with Crippen molar-refractivity contribution in [1.82, 2.24) is 4.31 Å². The molecule has 0 atom stereocenters. The minimum absolute atomic E-state index is 0.0603. The zero-order valence-corrected chi connectivity index (χ0v) is 21.9.